The molecule has 29 heavy (non-hydrogen) atoms. The van der Waals surface area contributed by atoms with Gasteiger partial charge in [0, 0.05) is 6.04 Å². The summed E-state index contributed by atoms with van der Waals surface area (Å²) >= 11 is 0. The van der Waals surface area contributed by atoms with Crippen molar-refractivity contribution >= 4 is 17.8 Å². The molecule has 1 saturated heterocycles. The minimum absolute atomic E-state index is 0.183. The summed E-state index contributed by atoms with van der Waals surface area (Å²) in [6.07, 6.45) is 7.59. The molecule has 152 valence electrons. The Kier molecular flexibility index (Phi) is 3.66. The molecule has 7 rings (SSSR count). The van der Waals surface area contributed by atoms with E-state index in [2.05, 4.69) is 10.6 Å². The van der Waals surface area contributed by atoms with E-state index in [-0.39, 0.29) is 24.4 Å². The zero-order valence-electron chi connectivity index (χ0n) is 16.5. The van der Waals surface area contributed by atoms with Crippen LogP contribution in [-0.4, -0.2) is 35.3 Å². The molecule has 6 heteroatoms. The molecule has 5 aliphatic carbocycles. The standard InChI is InChI=1S/C23H27N3O3/c27-19(24-20-16-8-13-7-14(10-16)11-17(20)9-13)12-26-21(28)23(25-22(26)29)6-5-15-3-1-2-4-18(15)23/h1-4,13-14,16-17,20H,5-12H2,(H,24,27)(H,25,29). The lowest BCUT2D eigenvalue weighted by atomic mass is 9.54. The van der Waals surface area contributed by atoms with Crippen LogP contribution >= 0.6 is 0 Å². The van der Waals surface area contributed by atoms with Crippen LogP contribution in [-0.2, 0) is 21.5 Å². The molecule has 1 heterocycles. The van der Waals surface area contributed by atoms with Crippen molar-refractivity contribution in [2.45, 2.75) is 56.5 Å². The number of hydrogen-bond acceptors (Lipinski definition) is 3. The first-order valence-corrected chi connectivity index (χ1v) is 11.1. The Morgan fingerprint density at radius 1 is 1.07 bits per heavy atom. The maximum Gasteiger partial charge on any atom is 0.325 e. The first kappa shape index (κ1) is 17.5. The van der Waals surface area contributed by atoms with E-state index >= 15 is 0 Å². The second-order valence-electron chi connectivity index (χ2n) is 9.91. The number of aryl methyl sites for hydroxylation is 1. The van der Waals surface area contributed by atoms with Gasteiger partial charge >= 0.3 is 6.03 Å². The Labute approximate surface area is 170 Å². The van der Waals surface area contributed by atoms with Crippen molar-refractivity contribution in [3.8, 4) is 0 Å². The normalized spacial score (nSPS) is 39.2. The highest BCUT2D eigenvalue weighted by Gasteiger charge is 2.56. The van der Waals surface area contributed by atoms with E-state index in [0.29, 0.717) is 18.3 Å². The lowest BCUT2D eigenvalue weighted by molar-refractivity contribution is -0.136. The van der Waals surface area contributed by atoms with Gasteiger partial charge in [-0.3, -0.25) is 14.5 Å². The van der Waals surface area contributed by atoms with Crippen molar-refractivity contribution in [1.82, 2.24) is 15.5 Å². The average Bonchev–Trinajstić information content (AvgIpc) is 3.18. The zero-order valence-corrected chi connectivity index (χ0v) is 16.5. The van der Waals surface area contributed by atoms with Crippen LogP contribution in [0.4, 0.5) is 4.79 Å². The molecule has 6 aliphatic rings. The first-order valence-electron chi connectivity index (χ1n) is 11.1. The number of hydrogen-bond donors (Lipinski definition) is 2. The number of imide groups is 1. The number of benzene rings is 1. The van der Waals surface area contributed by atoms with Crippen LogP contribution in [0.3, 0.4) is 0 Å². The average molecular weight is 393 g/mol. The van der Waals surface area contributed by atoms with Gasteiger partial charge in [0.25, 0.3) is 5.91 Å². The second-order valence-corrected chi connectivity index (χ2v) is 9.91. The molecule has 1 aliphatic heterocycles. The fourth-order valence-corrected chi connectivity index (χ4v) is 7.27. The van der Waals surface area contributed by atoms with Crippen molar-refractivity contribution < 1.29 is 14.4 Å². The maximum atomic E-state index is 13.2. The minimum atomic E-state index is -0.990. The van der Waals surface area contributed by atoms with E-state index in [1.165, 1.54) is 32.1 Å². The van der Waals surface area contributed by atoms with Crippen molar-refractivity contribution in [3.05, 3.63) is 35.4 Å². The largest absolute Gasteiger partial charge is 0.351 e. The lowest BCUT2D eigenvalue weighted by Gasteiger charge is -2.54. The smallest absolute Gasteiger partial charge is 0.325 e. The van der Waals surface area contributed by atoms with Gasteiger partial charge in [0.05, 0.1) is 0 Å². The monoisotopic (exact) mass is 393 g/mol. The van der Waals surface area contributed by atoms with E-state index in [9.17, 15) is 14.4 Å². The molecule has 4 saturated carbocycles. The van der Waals surface area contributed by atoms with E-state index in [1.807, 2.05) is 24.3 Å². The van der Waals surface area contributed by atoms with Gasteiger partial charge in [-0.05, 0) is 79.7 Å². The molecule has 2 N–H and O–H groups in total. The Morgan fingerprint density at radius 2 is 1.76 bits per heavy atom. The molecule has 1 atom stereocenters. The molecule has 1 aromatic rings. The number of nitrogens with one attached hydrogen (secondary N) is 2. The third kappa shape index (κ3) is 2.50. The number of urea groups is 1. The Bertz CT molecular complexity index is 884. The van der Waals surface area contributed by atoms with Gasteiger partial charge in [0.1, 0.15) is 12.1 Å². The summed E-state index contributed by atoms with van der Waals surface area (Å²) in [6, 6.07) is 7.54. The first-order chi connectivity index (χ1) is 14.0. The second kappa shape index (κ2) is 6.07. The van der Waals surface area contributed by atoms with Gasteiger partial charge in [-0.15, -0.1) is 0 Å². The van der Waals surface area contributed by atoms with Crippen molar-refractivity contribution in [2.24, 2.45) is 23.7 Å². The third-order valence-corrected chi connectivity index (χ3v) is 8.28. The number of nitrogens with zero attached hydrogens (tertiary/aromatic N) is 1. The van der Waals surface area contributed by atoms with Crippen molar-refractivity contribution in [3.63, 3.8) is 0 Å². The number of carbonyl (C=O) groups is 3. The fourth-order valence-electron chi connectivity index (χ4n) is 7.27. The molecule has 4 bridgehead atoms. The van der Waals surface area contributed by atoms with Crippen molar-refractivity contribution in [2.75, 3.05) is 6.54 Å². The molecule has 0 radical (unpaired) electrons. The number of rotatable bonds is 3. The van der Waals surface area contributed by atoms with Crippen LogP contribution in [0.15, 0.2) is 24.3 Å². The fraction of sp³-hybridized carbons (Fsp3) is 0.609. The number of carbonyl (C=O) groups excluding carboxylic acids is 3. The van der Waals surface area contributed by atoms with Crippen LogP contribution in [0.5, 0.6) is 0 Å². The highest BCUT2D eigenvalue weighted by atomic mass is 16.2. The summed E-state index contributed by atoms with van der Waals surface area (Å²) in [7, 11) is 0. The molecule has 1 spiro atoms. The molecule has 1 aromatic carbocycles. The van der Waals surface area contributed by atoms with Crippen LogP contribution in [0, 0.1) is 23.7 Å². The SMILES string of the molecule is O=C(CN1C(=O)NC2(CCc3ccccc32)C1=O)NC1C2CC3CC(C2)CC1C3. The van der Waals surface area contributed by atoms with Gasteiger partial charge < -0.3 is 10.6 Å². The lowest BCUT2D eigenvalue weighted by Crippen LogP contribution is -2.57. The van der Waals surface area contributed by atoms with E-state index in [0.717, 1.165) is 34.3 Å². The van der Waals surface area contributed by atoms with E-state index in [1.54, 1.807) is 0 Å². The predicted octanol–water partition coefficient (Wildman–Crippen LogP) is 2.32. The number of fused-ring (bicyclic) bond motifs is 2. The molecule has 6 nitrogen and oxygen atoms in total. The molecule has 1 unspecified atom stereocenters. The molecule has 5 fully saturated rings. The van der Waals surface area contributed by atoms with Crippen LogP contribution < -0.4 is 10.6 Å². The number of amides is 4. The van der Waals surface area contributed by atoms with Gasteiger partial charge in [-0.25, -0.2) is 4.79 Å². The molecular formula is C23H27N3O3. The third-order valence-electron chi connectivity index (χ3n) is 8.28. The summed E-state index contributed by atoms with van der Waals surface area (Å²) in [6.45, 7) is -0.183. The van der Waals surface area contributed by atoms with Crippen LogP contribution in [0.1, 0.15) is 49.7 Å². The van der Waals surface area contributed by atoms with Gasteiger partial charge in [-0.1, -0.05) is 24.3 Å². The summed E-state index contributed by atoms with van der Waals surface area (Å²) in [5, 5.41) is 6.12. The quantitative estimate of drug-likeness (QED) is 0.774. The highest BCUT2D eigenvalue weighted by molar-refractivity contribution is 6.09. The van der Waals surface area contributed by atoms with Gasteiger partial charge in [0.2, 0.25) is 5.91 Å². The molecular weight excluding hydrogens is 366 g/mol. The zero-order chi connectivity index (χ0) is 19.8. The van der Waals surface area contributed by atoms with E-state index in [4.69, 9.17) is 0 Å². The topological polar surface area (TPSA) is 78.5 Å². The minimum Gasteiger partial charge on any atom is -0.351 e. The van der Waals surface area contributed by atoms with E-state index < -0.39 is 11.6 Å². The molecule has 0 aromatic heterocycles. The van der Waals surface area contributed by atoms with Gasteiger partial charge in [0.15, 0.2) is 0 Å². The van der Waals surface area contributed by atoms with Crippen molar-refractivity contribution in [1.29, 1.82) is 0 Å². The highest BCUT2D eigenvalue weighted by Crippen LogP contribution is 2.53. The van der Waals surface area contributed by atoms with Gasteiger partial charge in [-0.2, -0.15) is 0 Å². The van der Waals surface area contributed by atoms with Crippen LogP contribution in [0.25, 0.3) is 0 Å². The summed E-state index contributed by atoms with van der Waals surface area (Å²) < 4.78 is 0. The Morgan fingerprint density at radius 3 is 2.48 bits per heavy atom. The summed E-state index contributed by atoms with van der Waals surface area (Å²) in [5.74, 6) is 2.36. The Balaban J connectivity index is 1.17. The summed E-state index contributed by atoms with van der Waals surface area (Å²) in [5.41, 5.74) is 0.986. The molecule has 4 amide bonds. The summed E-state index contributed by atoms with van der Waals surface area (Å²) in [4.78, 5) is 39.8. The maximum absolute atomic E-state index is 13.2. The van der Waals surface area contributed by atoms with Crippen LogP contribution in [0.2, 0.25) is 0 Å². The predicted molar refractivity (Wildman–Crippen MR) is 106 cm³/mol. The Hall–Kier alpha value is -2.37.